The summed E-state index contributed by atoms with van der Waals surface area (Å²) in [6.07, 6.45) is 5.78. The highest BCUT2D eigenvalue weighted by Crippen LogP contribution is 2.30. The summed E-state index contributed by atoms with van der Waals surface area (Å²) < 4.78 is 10.6. The van der Waals surface area contributed by atoms with E-state index in [-0.39, 0.29) is 5.91 Å². The molecule has 5 nitrogen and oxygen atoms in total. The molecule has 1 N–H and O–H groups in total. The van der Waals surface area contributed by atoms with Gasteiger partial charge in [-0.3, -0.25) is 4.79 Å². The largest absolute Gasteiger partial charge is 0.493 e. The molecule has 1 aliphatic rings. The van der Waals surface area contributed by atoms with Crippen molar-refractivity contribution in [1.29, 1.82) is 0 Å². The number of likely N-dealkylation sites (tertiary alicyclic amines) is 1. The molecule has 25 heavy (non-hydrogen) atoms. The first-order valence-electron chi connectivity index (χ1n) is 8.90. The Balaban J connectivity index is 1.87. The SMILES string of the molecule is COc1cccc(C(=O)NC[C@@H]2CCCN(CCCSC)C2)c1OC. The average Bonchev–Trinajstić information content (AvgIpc) is 2.66. The Bertz CT molecular complexity index is 553. The number of piperidine rings is 1. The number of amides is 1. The van der Waals surface area contributed by atoms with Crippen molar-refractivity contribution >= 4 is 17.7 Å². The third-order valence-corrected chi connectivity index (χ3v) is 5.32. The standard InChI is InChI=1S/C19H30N2O3S/c1-23-17-9-4-8-16(18(17)24-2)19(22)20-13-15-7-5-10-21(14-15)11-6-12-25-3/h4,8-9,15H,5-7,10-14H2,1-3H3,(H,20,22)/t15-/m0/s1. The maximum atomic E-state index is 12.6. The molecular weight excluding hydrogens is 336 g/mol. The van der Waals surface area contributed by atoms with Gasteiger partial charge in [-0.2, -0.15) is 11.8 Å². The van der Waals surface area contributed by atoms with Gasteiger partial charge in [-0.25, -0.2) is 0 Å². The molecule has 6 heteroatoms. The quantitative estimate of drug-likeness (QED) is 0.681. The molecule has 0 aromatic heterocycles. The predicted molar refractivity (Wildman–Crippen MR) is 104 cm³/mol. The Kier molecular flexibility index (Phi) is 8.41. The van der Waals surface area contributed by atoms with Gasteiger partial charge in [-0.1, -0.05) is 6.07 Å². The van der Waals surface area contributed by atoms with Crippen LogP contribution in [0.2, 0.25) is 0 Å². The Morgan fingerprint density at radius 2 is 2.20 bits per heavy atom. The minimum absolute atomic E-state index is 0.102. The number of hydrogen-bond acceptors (Lipinski definition) is 5. The molecule has 1 atom stereocenters. The molecule has 1 aromatic rings. The highest BCUT2D eigenvalue weighted by Gasteiger charge is 2.21. The van der Waals surface area contributed by atoms with E-state index >= 15 is 0 Å². The summed E-state index contributed by atoms with van der Waals surface area (Å²) in [4.78, 5) is 15.1. The van der Waals surface area contributed by atoms with E-state index in [1.54, 1.807) is 26.4 Å². The van der Waals surface area contributed by atoms with E-state index in [2.05, 4.69) is 16.5 Å². The van der Waals surface area contributed by atoms with Crippen LogP contribution in [0.4, 0.5) is 0 Å². The zero-order valence-electron chi connectivity index (χ0n) is 15.5. The monoisotopic (exact) mass is 366 g/mol. The Morgan fingerprint density at radius 3 is 2.92 bits per heavy atom. The van der Waals surface area contributed by atoms with E-state index in [0.29, 0.717) is 29.5 Å². The fraction of sp³-hybridized carbons (Fsp3) is 0.632. The number of nitrogens with one attached hydrogen (secondary N) is 1. The second-order valence-corrected chi connectivity index (χ2v) is 7.39. The molecule has 0 saturated carbocycles. The maximum absolute atomic E-state index is 12.6. The summed E-state index contributed by atoms with van der Waals surface area (Å²) in [5.74, 6) is 2.70. The molecule has 0 unspecified atom stereocenters. The molecule has 0 aliphatic carbocycles. The van der Waals surface area contributed by atoms with Crippen LogP contribution < -0.4 is 14.8 Å². The van der Waals surface area contributed by atoms with Gasteiger partial charge < -0.3 is 19.7 Å². The first-order valence-corrected chi connectivity index (χ1v) is 10.3. The van der Waals surface area contributed by atoms with Crippen molar-refractivity contribution in [2.24, 2.45) is 5.92 Å². The number of benzene rings is 1. The summed E-state index contributed by atoms with van der Waals surface area (Å²) in [5.41, 5.74) is 0.523. The third-order valence-electron chi connectivity index (χ3n) is 4.62. The fourth-order valence-electron chi connectivity index (χ4n) is 3.35. The number of hydrogen-bond donors (Lipinski definition) is 1. The lowest BCUT2D eigenvalue weighted by Crippen LogP contribution is -2.41. The van der Waals surface area contributed by atoms with Crippen molar-refractivity contribution in [3.05, 3.63) is 23.8 Å². The lowest BCUT2D eigenvalue weighted by molar-refractivity contribution is 0.0929. The Morgan fingerprint density at radius 1 is 1.36 bits per heavy atom. The summed E-state index contributed by atoms with van der Waals surface area (Å²) in [5, 5.41) is 3.08. The maximum Gasteiger partial charge on any atom is 0.255 e. The van der Waals surface area contributed by atoms with E-state index in [9.17, 15) is 4.79 Å². The van der Waals surface area contributed by atoms with Gasteiger partial charge in [0.1, 0.15) is 0 Å². The minimum Gasteiger partial charge on any atom is -0.493 e. The van der Waals surface area contributed by atoms with Gasteiger partial charge in [0, 0.05) is 13.1 Å². The van der Waals surface area contributed by atoms with Crippen LogP contribution in [0.3, 0.4) is 0 Å². The predicted octanol–water partition coefficient (Wildman–Crippen LogP) is 2.90. The average molecular weight is 367 g/mol. The molecule has 0 spiro atoms. The molecule has 1 aromatic carbocycles. The van der Waals surface area contributed by atoms with Crippen LogP contribution >= 0.6 is 11.8 Å². The summed E-state index contributed by atoms with van der Waals surface area (Å²) >= 11 is 1.90. The highest BCUT2D eigenvalue weighted by atomic mass is 32.2. The van der Waals surface area contributed by atoms with Gasteiger partial charge >= 0.3 is 0 Å². The van der Waals surface area contributed by atoms with Crippen molar-refractivity contribution in [3.63, 3.8) is 0 Å². The lowest BCUT2D eigenvalue weighted by Gasteiger charge is -2.32. The zero-order chi connectivity index (χ0) is 18.1. The van der Waals surface area contributed by atoms with Crippen LogP contribution in [0, 0.1) is 5.92 Å². The second-order valence-electron chi connectivity index (χ2n) is 6.41. The molecule has 140 valence electrons. The number of ether oxygens (including phenoxy) is 2. The molecule has 1 fully saturated rings. The molecule has 2 rings (SSSR count). The zero-order valence-corrected chi connectivity index (χ0v) is 16.4. The van der Waals surface area contributed by atoms with Crippen molar-refractivity contribution < 1.29 is 14.3 Å². The first kappa shape index (κ1) is 19.9. The van der Waals surface area contributed by atoms with Crippen LogP contribution in [-0.4, -0.2) is 63.2 Å². The van der Waals surface area contributed by atoms with Gasteiger partial charge in [0.15, 0.2) is 11.5 Å². The number of nitrogens with zero attached hydrogens (tertiary/aromatic N) is 1. The van der Waals surface area contributed by atoms with E-state index < -0.39 is 0 Å². The number of carbonyl (C=O) groups is 1. The van der Waals surface area contributed by atoms with E-state index in [1.165, 1.54) is 31.6 Å². The van der Waals surface area contributed by atoms with E-state index in [4.69, 9.17) is 9.47 Å². The third kappa shape index (κ3) is 5.82. The molecule has 1 aliphatic heterocycles. The van der Waals surface area contributed by atoms with Crippen molar-refractivity contribution in [2.75, 3.05) is 52.4 Å². The number of methoxy groups -OCH3 is 2. The molecule has 1 heterocycles. The normalized spacial score (nSPS) is 18.0. The number of thioether (sulfide) groups is 1. The Hall–Kier alpha value is -1.40. The second kappa shape index (κ2) is 10.6. The smallest absolute Gasteiger partial charge is 0.255 e. The van der Waals surface area contributed by atoms with Crippen LogP contribution in [0.5, 0.6) is 11.5 Å². The van der Waals surface area contributed by atoms with E-state index in [1.807, 2.05) is 17.8 Å². The van der Waals surface area contributed by atoms with Crippen molar-refractivity contribution in [3.8, 4) is 11.5 Å². The summed E-state index contributed by atoms with van der Waals surface area (Å²) in [6.45, 7) is 4.12. The molecule has 0 bridgehead atoms. The van der Waals surface area contributed by atoms with Crippen LogP contribution in [0.15, 0.2) is 18.2 Å². The van der Waals surface area contributed by atoms with Gasteiger partial charge in [0.05, 0.1) is 19.8 Å². The van der Waals surface area contributed by atoms with E-state index in [0.717, 1.165) is 13.1 Å². The van der Waals surface area contributed by atoms with Crippen molar-refractivity contribution in [1.82, 2.24) is 10.2 Å². The molecule has 1 amide bonds. The van der Waals surface area contributed by atoms with Crippen LogP contribution in [-0.2, 0) is 0 Å². The number of para-hydroxylation sites is 1. The van der Waals surface area contributed by atoms with Gasteiger partial charge in [0.2, 0.25) is 0 Å². The van der Waals surface area contributed by atoms with Crippen molar-refractivity contribution in [2.45, 2.75) is 19.3 Å². The lowest BCUT2D eigenvalue weighted by atomic mass is 9.97. The number of carbonyl (C=O) groups excluding carboxylic acids is 1. The Labute approximate surface area is 155 Å². The molecular formula is C19H30N2O3S. The summed E-state index contributed by atoms with van der Waals surface area (Å²) in [6, 6.07) is 5.37. The molecule has 1 saturated heterocycles. The first-order chi connectivity index (χ1) is 12.2. The van der Waals surface area contributed by atoms with Crippen LogP contribution in [0.1, 0.15) is 29.6 Å². The highest BCUT2D eigenvalue weighted by molar-refractivity contribution is 7.98. The fourth-order valence-corrected chi connectivity index (χ4v) is 3.77. The van der Waals surface area contributed by atoms with Crippen LogP contribution in [0.25, 0.3) is 0 Å². The van der Waals surface area contributed by atoms with Gasteiger partial charge in [0.25, 0.3) is 5.91 Å². The number of rotatable bonds is 9. The van der Waals surface area contributed by atoms with Gasteiger partial charge in [-0.05, 0) is 62.4 Å². The molecule has 0 radical (unpaired) electrons. The summed E-state index contributed by atoms with van der Waals surface area (Å²) in [7, 11) is 3.13. The van der Waals surface area contributed by atoms with Gasteiger partial charge in [-0.15, -0.1) is 0 Å². The minimum atomic E-state index is -0.102. The topological polar surface area (TPSA) is 50.8 Å².